The van der Waals surface area contributed by atoms with Crippen LogP contribution in [0.2, 0.25) is 0 Å². The van der Waals surface area contributed by atoms with Crippen molar-refractivity contribution >= 4 is 23.0 Å². The fraction of sp³-hybridized carbons (Fsp3) is 0.667. The normalized spacial score (nSPS) is 31.9. The molecule has 3 N–H and O–H groups in total. The Morgan fingerprint density at radius 3 is 2.38 bits per heavy atom. The van der Waals surface area contributed by atoms with Crippen molar-refractivity contribution in [2.24, 2.45) is 23.2 Å². The highest BCUT2D eigenvalue weighted by Crippen LogP contribution is 2.70. The van der Waals surface area contributed by atoms with E-state index in [0.29, 0.717) is 28.9 Å². The van der Waals surface area contributed by atoms with Crippen molar-refractivity contribution in [3.8, 4) is 0 Å². The van der Waals surface area contributed by atoms with E-state index < -0.39 is 59.6 Å². The topological polar surface area (TPSA) is 150 Å². The number of piperidine rings is 1. The molecule has 45 heavy (non-hydrogen) atoms. The molecule has 9 rings (SSSR count). The molecule has 5 saturated carbocycles. The molecule has 0 spiro atoms. The summed E-state index contributed by atoms with van der Waals surface area (Å²) in [5.41, 5.74) is -3.95. The predicted molar refractivity (Wildman–Crippen MR) is 147 cm³/mol. The van der Waals surface area contributed by atoms with Crippen LogP contribution < -0.4 is 5.32 Å². The Labute approximate surface area is 254 Å². The van der Waals surface area contributed by atoms with Crippen LogP contribution in [0.3, 0.4) is 0 Å². The van der Waals surface area contributed by atoms with Gasteiger partial charge >= 0.3 is 6.18 Å². The standard InChI is InChI=1S/C30H33F4N7O4/c1-14-21(40-45-39-14)25(42)37-22(20(15-2-3-15)16-4-5-16)24-36-18-7-6-17(35-23(18)38-24)19-10-29(44,30(32,33)34)8-9-41(19)26(43)27-11-28(31,12-27)13-27/h6-7,15-16,19-20,22,44H,2-5,8-13H2,1H3,(H,37,42)(H,35,36,38)/t19-,22+,27?,28?,29+/m1/s1. The van der Waals surface area contributed by atoms with Crippen molar-refractivity contribution in [2.45, 2.75) is 94.2 Å². The second kappa shape index (κ2) is 9.46. The van der Waals surface area contributed by atoms with Crippen LogP contribution in [0.15, 0.2) is 16.8 Å². The Hall–Kier alpha value is -3.62. The number of imidazole rings is 1. The van der Waals surface area contributed by atoms with Gasteiger partial charge in [-0.15, -0.1) is 0 Å². The Balaban J connectivity index is 1.14. The van der Waals surface area contributed by atoms with Gasteiger partial charge in [-0.25, -0.2) is 19.0 Å². The second-order valence-corrected chi connectivity index (χ2v) is 14.1. The number of halogens is 4. The van der Waals surface area contributed by atoms with E-state index >= 15 is 0 Å². The fourth-order valence-electron chi connectivity index (χ4n) is 8.10. The monoisotopic (exact) mass is 631 g/mol. The van der Waals surface area contributed by atoms with Crippen molar-refractivity contribution in [1.82, 2.24) is 35.5 Å². The summed E-state index contributed by atoms with van der Waals surface area (Å²) in [5, 5.41) is 21.2. The fourth-order valence-corrected chi connectivity index (χ4v) is 8.10. The Morgan fingerprint density at radius 1 is 1.11 bits per heavy atom. The highest BCUT2D eigenvalue weighted by atomic mass is 19.4. The van der Waals surface area contributed by atoms with Gasteiger partial charge in [-0.1, -0.05) is 5.16 Å². The van der Waals surface area contributed by atoms with E-state index in [1.54, 1.807) is 13.0 Å². The number of carbonyl (C=O) groups excluding carboxylic acids is 2. The minimum Gasteiger partial charge on any atom is -0.380 e. The summed E-state index contributed by atoms with van der Waals surface area (Å²) in [6.45, 7) is 1.29. The zero-order chi connectivity index (χ0) is 31.5. The highest BCUT2D eigenvalue weighted by molar-refractivity contribution is 5.93. The van der Waals surface area contributed by atoms with Crippen molar-refractivity contribution in [3.05, 3.63) is 35.0 Å². The van der Waals surface area contributed by atoms with E-state index in [2.05, 4.69) is 25.6 Å². The molecule has 11 nitrogen and oxygen atoms in total. The van der Waals surface area contributed by atoms with E-state index in [4.69, 9.17) is 9.61 Å². The molecule has 1 saturated heterocycles. The van der Waals surface area contributed by atoms with Crippen LogP contribution >= 0.6 is 0 Å². The zero-order valence-corrected chi connectivity index (χ0v) is 24.5. The molecule has 4 heterocycles. The molecule has 6 aliphatic rings. The number of alkyl halides is 4. The third-order valence-electron chi connectivity index (χ3n) is 10.8. The minimum absolute atomic E-state index is 0.0704. The average molecular weight is 632 g/mol. The third-order valence-corrected chi connectivity index (χ3v) is 10.8. The zero-order valence-electron chi connectivity index (χ0n) is 24.5. The third kappa shape index (κ3) is 4.63. The molecule has 0 aromatic carbocycles. The van der Waals surface area contributed by atoms with Gasteiger partial charge in [-0.3, -0.25) is 9.59 Å². The summed E-state index contributed by atoms with van der Waals surface area (Å²) >= 11 is 0. The Bertz CT molecular complexity index is 1670. The number of hydrogen-bond donors (Lipinski definition) is 3. The number of hydrogen-bond acceptors (Lipinski definition) is 8. The highest BCUT2D eigenvalue weighted by Gasteiger charge is 2.74. The van der Waals surface area contributed by atoms with Gasteiger partial charge in [-0.05, 0) is 86.9 Å². The first-order valence-electron chi connectivity index (χ1n) is 15.5. The van der Waals surface area contributed by atoms with E-state index in [1.165, 1.54) is 11.0 Å². The van der Waals surface area contributed by atoms with Crippen LogP contribution in [0, 0.1) is 30.1 Å². The van der Waals surface area contributed by atoms with Crippen LogP contribution in [0.5, 0.6) is 0 Å². The van der Waals surface area contributed by atoms with Crippen LogP contribution in [0.25, 0.3) is 11.2 Å². The molecule has 1 aliphatic heterocycles. The number of carbonyl (C=O) groups is 2. The lowest BCUT2D eigenvalue weighted by molar-refractivity contribution is -0.280. The maximum Gasteiger partial charge on any atom is 0.417 e. The maximum absolute atomic E-state index is 14.3. The van der Waals surface area contributed by atoms with E-state index in [1.807, 2.05) is 0 Å². The number of aromatic amines is 1. The van der Waals surface area contributed by atoms with Crippen LogP contribution in [-0.2, 0) is 4.79 Å². The quantitative estimate of drug-likeness (QED) is 0.310. The number of aryl methyl sites for hydroxylation is 1. The molecule has 0 unspecified atom stereocenters. The van der Waals surface area contributed by atoms with Crippen molar-refractivity contribution in [1.29, 1.82) is 0 Å². The number of aromatic nitrogens is 5. The first kappa shape index (κ1) is 28.8. The lowest BCUT2D eigenvalue weighted by Gasteiger charge is -2.65. The van der Waals surface area contributed by atoms with Gasteiger partial charge in [0.15, 0.2) is 16.9 Å². The Morgan fingerprint density at radius 2 is 1.80 bits per heavy atom. The summed E-state index contributed by atoms with van der Waals surface area (Å²) in [5.74, 6) is 0.570. The number of pyridine rings is 1. The molecule has 15 heteroatoms. The van der Waals surface area contributed by atoms with Gasteiger partial charge in [0.1, 0.15) is 17.2 Å². The lowest BCUT2D eigenvalue weighted by atomic mass is 9.41. The number of fused-ring (bicyclic) bond motifs is 1. The summed E-state index contributed by atoms with van der Waals surface area (Å²) in [4.78, 5) is 40.8. The molecule has 6 fully saturated rings. The predicted octanol–water partition coefficient (Wildman–Crippen LogP) is 4.41. The van der Waals surface area contributed by atoms with Crippen molar-refractivity contribution < 1.29 is 36.9 Å². The van der Waals surface area contributed by atoms with Gasteiger partial charge in [0.25, 0.3) is 5.91 Å². The Kier molecular flexibility index (Phi) is 6.06. The SMILES string of the molecule is Cc1nonc1C(=O)N[C@H](c1nc2nc([C@H]3C[C@](O)(C(F)(F)F)CCN3C(=O)C34CC(F)(C3)C4)ccc2[nH]1)C(C1CC1)C1CC1. The van der Waals surface area contributed by atoms with Gasteiger partial charge in [-0.2, -0.15) is 13.2 Å². The number of nitrogens with zero attached hydrogens (tertiary/aromatic N) is 5. The van der Waals surface area contributed by atoms with Crippen molar-refractivity contribution in [2.75, 3.05) is 6.54 Å². The van der Waals surface area contributed by atoms with Gasteiger partial charge < -0.3 is 20.3 Å². The number of amides is 2. The minimum atomic E-state index is -4.91. The molecule has 3 aromatic heterocycles. The van der Waals surface area contributed by atoms with Crippen LogP contribution in [0.1, 0.15) is 97.6 Å². The van der Waals surface area contributed by atoms with Gasteiger partial charge in [0, 0.05) is 19.4 Å². The summed E-state index contributed by atoms with van der Waals surface area (Å²) in [6.07, 6.45) is -1.99. The van der Waals surface area contributed by atoms with E-state index in [0.717, 1.165) is 25.7 Å². The van der Waals surface area contributed by atoms with Crippen molar-refractivity contribution in [3.63, 3.8) is 0 Å². The summed E-state index contributed by atoms with van der Waals surface area (Å²) < 4.78 is 61.1. The average Bonchev–Trinajstić information content (AvgIpc) is 3.89. The summed E-state index contributed by atoms with van der Waals surface area (Å²) in [6, 6.07) is 1.49. The molecule has 5 aliphatic carbocycles. The van der Waals surface area contributed by atoms with E-state index in [9.17, 15) is 32.3 Å². The number of likely N-dealkylation sites (tertiary alicyclic amines) is 1. The number of aliphatic hydroxyl groups is 1. The summed E-state index contributed by atoms with van der Waals surface area (Å²) in [7, 11) is 0. The molecular weight excluding hydrogens is 598 g/mol. The molecule has 2 bridgehead atoms. The first-order valence-corrected chi connectivity index (χ1v) is 15.5. The number of rotatable bonds is 8. The number of H-pyrrole nitrogens is 1. The first-order chi connectivity index (χ1) is 21.3. The molecule has 3 aromatic rings. The van der Waals surface area contributed by atoms with Crippen LogP contribution in [0.4, 0.5) is 17.6 Å². The molecule has 3 atom stereocenters. The lowest BCUT2D eigenvalue weighted by Crippen LogP contribution is -2.71. The van der Waals surface area contributed by atoms with Gasteiger partial charge in [0.05, 0.1) is 28.7 Å². The molecule has 240 valence electrons. The maximum atomic E-state index is 14.3. The smallest absolute Gasteiger partial charge is 0.380 e. The van der Waals surface area contributed by atoms with Crippen LogP contribution in [-0.4, -0.2) is 71.1 Å². The molecular formula is C30H33F4N7O4. The largest absolute Gasteiger partial charge is 0.417 e. The molecule has 0 radical (unpaired) electrons. The van der Waals surface area contributed by atoms with Gasteiger partial charge in [0.2, 0.25) is 5.91 Å². The second-order valence-electron chi connectivity index (χ2n) is 14.1. The number of nitrogens with one attached hydrogen (secondary N) is 2. The van der Waals surface area contributed by atoms with E-state index in [-0.39, 0.29) is 48.8 Å². The molecule has 2 amide bonds.